The molecule has 16 heavy (non-hydrogen) atoms. The molecule has 5 heteroatoms. The van der Waals surface area contributed by atoms with Crippen molar-refractivity contribution in [2.24, 2.45) is 0 Å². The number of pyridine rings is 1. The van der Waals surface area contributed by atoms with E-state index in [0.717, 1.165) is 0 Å². The van der Waals surface area contributed by atoms with Crippen LogP contribution in [0.15, 0.2) is 24.9 Å². The summed E-state index contributed by atoms with van der Waals surface area (Å²) >= 11 is 5.64. The molecule has 0 N–H and O–H groups in total. The van der Waals surface area contributed by atoms with Gasteiger partial charge in [0.05, 0.1) is 11.6 Å². The number of anilines is 1. The Kier molecular flexibility index (Phi) is 5.22. The SMILES string of the molecule is C=CCN(CCOC)c1ncc(Cl)cc1F. The summed E-state index contributed by atoms with van der Waals surface area (Å²) < 4.78 is 18.5. The number of nitrogens with zero attached hydrogens (tertiary/aromatic N) is 2. The molecule has 0 radical (unpaired) electrons. The first-order valence-corrected chi connectivity index (χ1v) is 5.22. The van der Waals surface area contributed by atoms with Gasteiger partial charge < -0.3 is 9.64 Å². The average Bonchev–Trinajstić information content (AvgIpc) is 2.25. The Hall–Kier alpha value is -1.13. The monoisotopic (exact) mass is 244 g/mol. The zero-order valence-corrected chi connectivity index (χ0v) is 9.88. The first kappa shape index (κ1) is 12.9. The molecular formula is C11H14ClFN2O. The minimum Gasteiger partial charge on any atom is -0.383 e. The summed E-state index contributed by atoms with van der Waals surface area (Å²) in [5.41, 5.74) is 0. The largest absolute Gasteiger partial charge is 0.383 e. The van der Waals surface area contributed by atoms with Crippen molar-refractivity contribution in [2.45, 2.75) is 0 Å². The van der Waals surface area contributed by atoms with Crippen LogP contribution in [0, 0.1) is 5.82 Å². The van der Waals surface area contributed by atoms with E-state index in [9.17, 15) is 4.39 Å². The maximum atomic E-state index is 13.6. The highest BCUT2D eigenvalue weighted by Gasteiger charge is 2.12. The van der Waals surface area contributed by atoms with Gasteiger partial charge in [-0.3, -0.25) is 0 Å². The molecule has 1 rings (SSSR count). The molecule has 0 spiro atoms. The molecule has 0 atom stereocenters. The molecule has 0 aliphatic rings. The first-order valence-electron chi connectivity index (χ1n) is 4.85. The Morgan fingerprint density at radius 3 is 3.00 bits per heavy atom. The maximum Gasteiger partial charge on any atom is 0.167 e. The molecule has 1 aromatic rings. The molecule has 0 aromatic carbocycles. The molecule has 0 amide bonds. The predicted molar refractivity (Wildman–Crippen MR) is 63.5 cm³/mol. The fraction of sp³-hybridized carbons (Fsp3) is 0.364. The van der Waals surface area contributed by atoms with E-state index in [1.54, 1.807) is 18.1 Å². The standard InChI is InChI=1S/C11H14ClFN2O/c1-3-4-15(5-6-16-2)11-10(13)7-9(12)8-14-11/h3,7-8H,1,4-6H2,2H3. The summed E-state index contributed by atoms with van der Waals surface area (Å²) in [6, 6.07) is 1.24. The van der Waals surface area contributed by atoms with E-state index in [1.807, 2.05) is 0 Å². The van der Waals surface area contributed by atoms with Crippen molar-refractivity contribution in [3.8, 4) is 0 Å². The molecule has 88 valence electrons. The normalized spacial score (nSPS) is 10.2. The molecule has 0 saturated carbocycles. The molecule has 1 heterocycles. The van der Waals surface area contributed by atoms with E-state index in [1.165, 1.54) is 12.3 Å². The zero-order valence-electron chi connectivity index (χ0n) is 9.12. The van der Waals surface area contributed by atoms with Crippen LogP contribution in [0.3, 0.4) is 0 Å². The van der Waals surface area contributed by atoms with Crippen LogP contribution in [-0.2, 0) is 4.74 Å². The highest BCUT2D eigenvalue weighted by molar-refractivity contribution is 6.30. The van der Waals surface area contributed by atoms with E-state index < -0.39 is 5.82 Å². The average molecular weight is 245 g/mol. The van der Waals surface area contributed by atoms with Crippen molar-refractivity contribution in [2.75, 3.05) is 31.7 Å². The second kappa shape index (κ2) is 6.45. The van der Waals surface area contributed by atoms with Crippen molar-refractivity contribution in [3.05, 3.63) is 35.8 Å². The maximum absolute atomic E-state index is 13.6. The van der Waals surface area contributed by atoms with Crippen LogP contribution >= 0.6 is 11.6 Å². The van der Waals surface area contributed by atoms with Crippen LogP contribution in [0.5, 0.6) is 0 Å². The van der Waals surface area contributed by atoms with E-state index in [-0.39, 0.29) is 10.8 Å². The van der Waals surface area contributed by atoms with Crippen molar-refractivity contribution in [3.63, 3.8) is 0 Å². The highest BCUT2D eigenvalue weighted by Crippen LogP contribution is 2.19. The van der Waals surface area contributed by atoms with Gasteiger partial charge in [0.1, 0.15) is 0 Å². The summed E-state index contributed by atoms with van der Waals surface area (Å²) in [6.45, 7) is 5.18. The van der Waals surface area contributed by atoms with Gasteiger partial charge in [-0.2, -0.15) is 0 Å². The van der Waals surface area contributed by atoms with Gasteiger partial charge in [0, 0.05) is 26.4 Å². The molecule has 0 saturated heterocycles. The fourth-order valence-corrected chi connectivity index (χ4v) is 1.43. The van der Waals surface area contributed by atoms with Crippen molar-refractivity contribution in [1.82, 2.24) is 4.98 Å². The van der Waals surface area contributed by atoms with Gasteiger partial charge in [-0.15, -0.1) is 6.58 Å². The number of aromatic nitrogens is 1. The lowest BCUT2D eigenvalue weighted by Gasteiger charge is -2.22. The minimum absolute atomic E-state index is 0.265. The second-order valence-corrected chi connectivity index (χ2v) is 3.62. The number of methoxy groups -OCH3 is 1. The summed E-state index contributed by atoms with van der Waals surface area (Å²) in [4.78, 5) is 5.70. The van der Waals surface area contributed by atoms with E-state index >= 15 is 0 Å². The van der Waals surface area contributed by atoms with Crippen LogP contribution in [0.25, 0.3) is 0 Å². The number of hydrogen-bond acceptors (Lipinski definition) is 3. The van der Waals surface area contributed by atoms with Gasteiger partial charge in [0.25, 0.3) is 0 Å². The molecule has 1 aromatic heterocycles. The van der Waals surface area contributed by atoms with Crippen LogP contribution in [0.1, 0.15) is 0 Å². The lowest BCUT2D eigenvalue weighted by molar-refractivity contribution is 0.205. The Morgan fingerprint density at radius 2 is 2.44 bits per heavy atom. The second-order valence-electron chi connectivity index (χ2n) is 3.19. The van der Waals surface area contributed by atoms with Crippen LogP contribution in [-0.4, -0.2) is 31.8 Å². The van der Waals surface area contributed by atoms with Crippen LogP contribution in [0.4, 0.5) is 10.2 Å². The quantitative estimate of drug-likeness (QED) is 0.719. The van der Waals surface area contributed by atoms with Crippen LogP contribution in [0.2, 0.25) is 5.02 Å². The molecule has 0 aliphatic heterocycles. The Bertz CT molecular complexity index is 360. The minimum atomic E-state index is -0.439. The molecule has 3 nitrogen and oxygen atoms in total. The van der Waals surface area contributed by atoms with Gasteiger partial charge in [0.2, 0.25) is 0 Å². The number of hydrogen-bond donors (Lipinski definition) is 0. The van der Waals surface area contributed by atoms with Gasteiger partial charge >= 0.3 is 0 Å². The van der Waals surface area contributed by atoms with Crippen molar-refractivity contribution in [1.29, 1.82) is 0 Å². The third-order valence-electron chi connectivity index (χ3n) is 2.00. The molecular weight excluding hydrogens is 231 g/mol. The molecule has 0 aliphatic carbocycles. The summed E-state index contributed by atoms with van der Waals surface area (Å²) in [6.07, 6.45) is 3.11. The Morgan fingerprint density at radius 1 is 1.69 bits per heavy atom. The predicted octanol–water partition coefficient (Wildman–Crippen LogP) is 2.51. The van der Waals surface area contributed by atoms with Gasteiger partial charge in [-0.25, -0.2) is 9.37 Å². The van der Waals surface area contributed by atoms with Gasteiger partial charge in [0.15, 0.2) is 11.6 Å². The Labute approximate surface area is 99.5 Å². The summed E-state index contributed by atoms with van der Waals surface area (Å²) in [5.74, 6) is -0.174. The molecule has 0 fully saturated rings. The third-order valence-corrected chi connectivity index (χ3v) is 2.21. The highest BCUT2D eigenvalue weighted by atomic mass is 35.5. The molecule has 0 bridgehead atoms. The van der Waals surface area contributed by atoms with Crippen molar-refractivity contribution >= 4 is 17.4 Å². The summed E-state index contributed by atoms with van der Waals surface area (Å²) in [5, 5.41) is 0.284. The lowest BCUT2D eigenvalue weighted by Crippen LogP contribution is -2.29. The third kappa shape index (κ3) is 3.47. The molecule has 0 unspecified atom stereocenters. The first-order chi connectivity index (χ1) is 7.69. The topological polar surface area (TPSA) is 25.4 Å². The van der Waals surface area contributed by atoms with E-state index in [4.69, 9.17) is 16.3 Å². The summed E-state index contributed by atoms with van der Waals surface area (Å²) in [7, 11) is 1.59. The number of halogens is 2. The van der Waals surface area contributed by atoms with Crippen LogP contribution < -0.4 is 4.90 Å². The van der Waals surface area contributed by atoms with Gasteiger partial charge in [-0.05, 0) is 6.07 Å². The van der Waals surface area contributed by atoms with Gasteiger partial charge in [-0.1, -0.05) is 17.7 Å². The Balaban J connectivity index is 2.86. The van der Waals surface area contributed by atoms with E-state index in [0.29, 0.717) is 19.7 Å². The smallest absolute Gasteiger partial charge is 0.167 e. The van der Waals surface area contributed by atoms with Crippen molar-refractivity contribution < 1.29 is 9.13 Å². The fourth-order valence-electron chi connectivity index (χ4n) is 1.28. The number of rotatable bonds is 6. The lowest BCUT2D eigenvalue weighted by atomic mass is 10.3. The van der Waals surface area contributed by atoms with E-state index in [2.05, 4.69) is 11.6 Å². The zero-order chi connectivity index (χ0) is 12.0. The number of ether oxygens (including phenoxy) is 1.